The predicted molar refractivity (Wildman–Crippen MR) is 114 cm³/mol. The molecule has 152 valence electrons. The van der Waals surface area contributed by atoms with E-state index in [4.69, 9.17) is 4.74 Å². The molecule has 1 atom stereocenters. The SMILES string of the molecule is O=C(NC(Cc1c[nH]c2ccccc12)C(=O)OCc1cccc(F)c1)c1cccs1. The number of hydrogen-bond donors (Lipinski definition) is 2. The van der Waals surface area contributed by atoms with Gasteiger partial charge in [-0.15, -0.1) is 11.3 Å². The quantitative estimate of drug-likeness (QED) is 0.432. The van der Waals surface area contributed by atoms with Gasteiger partial charge in [0.15, 0.2) is 0 Å². The van der Waals surface area contributed by atoms with Gasteiger partial charge >= 0.3 is 5.97 Å². The first-order valence-electron chi connectivity index (χ1n) is 9.40. The van der Waals surface area contributed by atoms with E-state index >= 15 is 0 Å². The van der Waals surface area contributed by atoms with E-state index in [1.807, 2.05) is 30.5 Å². The van der Waals surface area contributed by atoms with Crippen LogP contribution in [0.5, 0.6) is 0 Å². The van der Waals surface area contributed by atoms with Gasteiger partial charge in [0.25, 0.3) is 5.91 Å². The minimum Gasteiger partial charge on any atom is -0.459 e. The number of thiophene rings is 1. The Hall–Kier alpha value is -3.45. The first kappa shape index (κ1) is 19.8. The molecule has 1 unspecified atom stereocenters. The minimum absolute atomic E-state index is 0.0736. The third-order valence-corrected chi connectivity index (χ3v) is 5.57. The summed E-state index contributed by atoms with van der Waals surface area (Å²) in [6.07, 6.45) is 2.10. The van der Waals surface area contributed by atoms with Crippen molar-refractivity contribution in [2.45, 2.75) is 19.1 Å². The Bertz CT molecular complexity index is 1170. The molecule has 0 saturated heterocycles. The van der Waals surface area contributed by atoms with Gasteiger partial charge in [0, 0.05) is 23.5 Å². The Morgan fingerprint density at radius 1 is 1.10 bits per heavy atom. The first-order valence-corrected chi connectivity index (χ1v) is 10.3. The van der Waals surface area contributed by atoms with Crippen molar-refractivity contribution in [3.05, 3.63) is 94.1 Å². The van der Waals surface area contributed by atoms with Crippen LogP contribution < -0.4 is 5.32 Å². The van der Waals surface area contributed by atoms with Crippen LogP contribution in [0.4, 0.5) is 4.39 Å². The molecule has 7 heteroatoms. The second-order valence-electron chi connectivity index (χ2n) is 6.80. The lowest BCUT2D eigenvalue weighted by Crippen LogP contribution is -2.43. The molecule has 2 heterocycles. The minimum atomic E-state index is -0.882. The zero-order chi connectivity index (χ0) is 20.9. The fourth-order valence-electron chi connectivity index (χ4n) is 3.23. The van der Waals surface area contributed by atoms with E-state index in [-0.39, 0.29) is 18.9 Å². The van der Waals surface area contributed by atoms with Crippen LogP contribution in [-0.4, -0.2) is 22.9 Å². The Morgan fingerprint density at radius 3 is 2.77 bits per heavy atom. The van der Waals surface area contributed by atoms with Gasteiger partial charge < -0.3 is 15.0 Å². The number of aromatic nitrogens is 1. The van der Waals surface area contributed by atoms with Gasteiger partial charge in [0.2, 0.25) is 0 Å². The van der Waals surface area contributed by atoms with Crippen LogP contribution in [0.3, 0.4) is 0 Å². The van der Waals surface area contributed by atoms with Gasteiger partial charge in [-0.3, -0.25) is 4.79 Å². The lowest BCUT2D eigenvalue weighted by Gasteiger charge is -2.17. The van der Waals surface area contributed by atoms with Crippen molar-refractivity contribution in [2.75, 3.05) is 0 Å². The summed E-state index contributed by atoms with van der Waals surface area (Å²) < 4.78 is 18.8. The fraction of sp³-hybridized carbons (Fsp3) is 0.130. The van der Waals surface area contributed by atoms with Crippen molar-refractivity contribution < 1.29 is 18.7 Å². The summed E-state index contributed by atoms with van der Waals surface area (Å²) in [5, 5.41) is 5.55. The average Bonchev–Trinajstić information content (AvgIpc) is 3.42. The van der Waals surface area contributed by atoms with Crippen molar-refractivity contribution in [3.8, 4) is 0 Å². The maximum absolute atomic E-state index is 13.4. The Labute approximate surface area is 176 Å². The highest BCUT2D eigenvalue weighted by Crippen LogP contribution is 2.20. The lowest BCUT2D eigenvalue weighted by atomic mass is 10.0. The summed E-state index contributed by atoms with van der Waals surface area (Å²) >= 11 is 1.30. The molecule has 2 aromatic heterocycles. The van der Waals surface area contributed by atoms with E-state index in [9.17, 15) is 14.0 Å². The number of benzene rings is 2. The van der Waals surface area contributed by atoms with Crippen LogP contribution >= 0.6 is 11.3 Å². The standard InChI is InChI=1S/C23H19FN2O3S/c24-17-6-3-5-15(11-17)14-29-23(28)20(26-22(27)21-9-4-10-30-21)12-16-13-25-19-8-2-1-7-18(16)19/h1-11,13,20,25H,12,14H2,(H,26,27). The van der Waals surface area contributed by atoms with E-state index in [2.05, 4.69) is 10.3 Å². The number of carbonyl (C=O) groups excluding carboxylic acids is 2. The normalized spacial score (nSPS) is 11.9. The summed E-state index contributed by atoms with van der Waals surface area (Å²) in [5.41, 5.74) is 2.38. The molecule has 4 aromatic rings. The summed E-state index contributed by atoms with van der Waals surface area (Å²) in [6.45, 7) is -0.0736. The molecule has 2 N–H and O–H groups in total. The van der Waals surface area contributed by atoms with E-state index < -0.39 is 17.8 Å². The summed E-state index contributed by atoms with van der Waals surface area (Å²) in [4.78, 5) is 29.1. The molecule has 5 nitrogen and oxygen atoms in total. The maximum atomic E-state index is 13.4. The molecular formula is C23H19FN2O3S. The van der Waals surface area contributed by atoms with Gasteiger partial charge in [0.1, 0.15) is 18.5 Å². The number of esters is 1. The number of H-pyrrole nitrogens is 1. The molecule has 1 amide bonds. The lowest BCUT2D eigenvalue weighted by molar-refractivity contribution is -0.147. The highest BCUT2D eigenvalue weighted by molar-refractivity contribution is 7.12. The van der Waals surface area contributed by atoms with E-state index in [0.29, 0.717) is 10.4 Å². The first-order chi connectivity index (χ1) is 14.6. The molecule has 0 fully saturated rings. The van der Waals surface area contributed by atoms with E-state index in [1.165, 1.54) is 23.5 Å². The van der Waals surface area contributed by atoms with Crippen molar-refractivity contribution in [3.63, 3.8) is 0 Å². The number of carbonyl (C=O) groups is 2. The molecule has 30 heavy (non-hydrogen) atoms. The van der Waals surface area contributed by atoms with E-state index in [0.717, 1.165) is 16.5 Å². The third kappa shape index (κ3) is 4.58. The molecule has 0 bridgehead atoms. The zero-order valence-electron chi connectivity index (χ0n) is 15.9. The van der Waals surface area contributed by atoms with Gasteiger partial charge in [-0.05, 0) is 40.8 Å². The highest BCUT2D eigenvalue weighted by atomic mass is 32.1. The van der Waals surface area contributed by atoms with Crippen LogP contribution in [0.25, 0.3) is 10.9 Å². The number of aromatic amines is 1. The zero-order valence-corrected chi connectivity index (χ0v) is 16.7. The second kappa shape index (κ2) is 8.92. The molecule has 4 rings (SSSR count). The van der Waals surface area contributed by atoms with Crippen LogP contribution in [0.2, 0.25) is 0 Å². The highest BCUT2D eigenvalue weighted by Gasteiger charge is 2.25. The topological polar surface area (TPSA) is 71.2 Å². The largest absolute Gasteiger partial charge is 0.459 e. The number of fused-ring (bicyclic) bond motifs is 1. The van der Waals surface area contributed by atoms with E-state index in [1.54, 1.807) is 29.6 Å². The molecule has 0 spiro atoms. The number of ether oxygens (including phenoxy) is 1. The summed E-state index contributed by atoms with van der Waals surface area (Å²) in [6, 6.07) is 16.2. The number of amides is 1. The fourth-order valence-corrected chi connectivity index (χ4v) is 3.86. The molecular weight excluding hydrogens is 403 g/mol. The Kier molecular flexibility index (Phi) is 5.90. The molecule has 0 aliphatic carbocycles. The number of rotatable bonds is 7. The van der Waals surface area contributed by atoms with Gasteiger partial charge in [-0.2, -0.15) is 0 Å². The molecule has 0 aliphatic rings. The number of nitrogens with one attached hydrogen (secondary N) is 2. The number of halogens is 1. The summed E-state index contributed by atoms with van der Waals surface area (Å²) in [7, 11) is 0. The second-order valence-corrected chi connectivity index (χ2v) is 7.75. The number of para-hydroxylation sites is 1. The molecule has 2 aromatic carbocycles. The number of hydrogen-bond acceptors (Lipinski definition) is 4. The smallest absolute Gasteiger partial charge is 0.329 e. The maximum Gasteiger partial charge on any atom is 0.329 e. The Balaban J connectivity index is 1.52. The van der Waals surface area contributed by atoms with Crippen LogP contribution in [-0.2, 0) is 22.6 Å². The predicted octanol–water partition coefficient (Wildman–Crippen LogP) is 4.45. The van der Waals surface area contributed by atoms with Crippen LogP contribution in [0.1, 0.15) is 20.8 Å². The molecule has 0 radical (unpaired) electrons. The van der Waals surface area contributed by atoms with Crippen molar-refractivity contribution in [1.82, 2.24) is 10.3 Å². The van der Waals surface area contributed by atoms with Gasteiger partial charge in [-0.1, -0.05) is 36.4 Å². The van der Waals surface area contributed by atoms with Crippen molar-refractivity contribution in [2.24, 2.45) is 0 Å². The summed E-state index contributed by atoms with van der Waals surface area (Å²) in [5.74, 6) is -1.31. The average molecular weight is 422 g/mol. The Morgan fingerprint density at radius 2 is 1.97 bits per heavy atom. The van der Waals surface area contributed by atoms with Gasteiger partial charge in [-0.25, -0.2) is 9.18 Å². The monoisotopic (exact) mass is 422 g/mol. The van der Waals surface area contributed by atoms with Crippen molar-refractivity contribution >= 4 is 34.1 Å². The molecule has 0 saturated carbocycles. The van der Waals surface area contributed by atoms with Gasteiger partial charge in [0.05, 0.1) is 4.88 Å². The van der Waals surface area contributed by atoms with Crippen LogP contribution in [0, 0.1) is 5.82 Å². The third-order valence-electron chi connectivity index (χ3n) is 4.70. The van der Waals surface area contributed by atoms with Crippen LogP contribution in [0.15, 0.2) is 72.2 Å². The molecule has 0 aliphatic heterocycles. The van der Waals surface area contributed by atoms with Crippen molar-refractivity contribution in [1.29, 1.82) is 0 Å².